The fourth-order valence-corrected chi connectivity index (χ4v) is 3.20. The molecule has 0 fully saturated rings. The Hall–Kier alpha value is -2.14. The summed E-state index contributed by atoms with van der Waals surface area (Å²) < 4.78 is 8.85. The molecule has 5 heteroatoms. The Kier molecular flexibility index (Phi) is 2.65. The van der Waals surface area contributed by atoms with Gasteiger partial charge in [0.2, 0.25) is 11.7 Å². The van der Waals surface area contributed by atoms with Crippen LogP contribution in [0.2, 0.25) is 0 Å². The van der Waals surface area contributed by atoms with Crippen molar-refractivity contribution in [3.05, 3.63) is 41.5 Å². The fourth-order valence-electron chi connectivity index (χ4n) is 3.20. The zero-order valence-electron chi connectivity index (χ0n) is 12.1. The molecule has 0 radical (unpaired) electrons. The minimum atomic E-state index is 0.254. The summed E-state index contributed by atoms with van der Waals surface area (Å²) in [7, 11) is 0. The van der Waals surface area contributed by atoms with Crippen LogP contribution in [-0.2, 0) is 11.3 Å². The Morgan fingerprint density at radius 3 is 3.00 bits per heavy atom. The zero-order valence-corrected chi connectivity index (χ0v) is 12.1. The Balaban J connectivity index is 2.15. The molecule has 0 spiro atoms. The average molecular weight is 283 g/mol. The first-order valence-electron chi connectivity index (χ1n) is 7.26. The first-order valence-corrected chi connectivity index (χ1v) is 7.26. The molecule has 3 heterocycles. The van der Waals surface area contributed by atoms with Gasteiger partial charge < -0.3 is 14.5 Å². The second-order valence-electron chi connectivity index (χ2n) is 5.93. The number of benzene rings is 1. The highest BCUT2D eigenvalue weighted by molar-refractivity contribution is 6.00. The molecule has 1 aliphatic rings. The molecule has 0 amide bonds. The van der Waals surface area contributed by atoms with Crippen molar-refractivity contribution in [2.24, 2.45) is 5.92 Å². The lowest BCUT2D eigenvalue weighted by molar-refractivity contribution is -0.575. The summed E-state index contributed by atoms with van der Waals surface area (Å²) in [5.41, 5.74) is 2.48. The Bertz CT molecular complexity index is 838. The van der Waals surface area contributed by atoms with Crippen LogP contribution in [0.4, 0.5) is 0 Å². The maximum Gasteiger partial charge on any atom is 0.226 e. The van der Waals surface area contributed by atoms with E-state index in [1.807, 2.05) is 24.3 Å². The summed E-state index contributed by atoms with van der Waals surface area (Å²) in [4.78, 5) is 4.61. The molecular formula is C16H17N3O2. The Morgan fingerprint density at radius 2 is 2.19 bits per heavy atom. The second-order valence-corrected chi connectivity index (χ2v) is 5.93. The smallest absolute Gasteiger partial charge is 0.226 e. The van der Waals surface area contributed by atoms with Crippen LogP contribution in [0.25, 0.3) is 21.9 Å². The van der Waals surface area contributed by atoms with E-state index in [-0.39, 0.29) is 6.04 Å². The number of pyridine rings is 1. The van der Waals surface area contributed by atoms with Crippen molar-refractivity contribution < 1.29 is 9.47 Å². The molecule has 108 valence electrons. The van der Waals surface area contributed by atoms with Crippen LogP contribution in [0.15, 0.2) is 30.5 Å². The molecule has 2 aromatic heterocycles. The molecule has 3 aromatic rings. The molecule has 0 saturated carbocycles. The van der Waals surface area contributed by atoms with Crippen molar-refractivity contribution in [3.63, 3.8) is 0 Å². The summed E-state index contributed by atoms with van der Waals surface area (Å²) in [6.07, 6.45) is 1.57. The fraction of sp³-hybridized carbons (Fsp3) is 0.375. The third kappa shape index (κ3) is 1.74. The van der Waals surface area contributed by atoms with Gasteiger partial charge in [0.1, 0.15) is 12.4 Å². The van der Waals surface area contributed by atoms with Gasteiger partial charge in [0.05, 0.1) is 23.6 Å². The van der Waals surface area contributed by atoms with E-state index < -0.39 is 0 Å². The van der Waals surface area contributed by atoms with Crippen LogP contribution in [0.5, 0.6) is 0 Å². The maximum absolute atomic E-state index is 12.2. The predicted molar refractivity (Wildman–Crippen MR) is 79.7 cm³/mol. The van der Waals surface area contributed by atoms with Gasteiger partial charge in [-0.1, -0.05) is 26.0 Å². The molecule has 1 aromatic carbocycles. The second kappa shape index (κ2) is 4.43. The van der Waals surface area contributed by atoms with Crippen LogP contribution in [0.1, 0.15) is 25.7 Å². The van der Waals surface area contributed by atoms with Gasteiger partial charge in [-0.25, -0.2) is 4.98 Å². The van der Waals surface area contributed by atoms with E-state index in [2.05, 4.69) is 23.4 Å². The molecule has 5 nitrogen and oxygen atoms in total. The Morgan fingerprint density at radius 1 is 1.38 bits per heavy atom. The third-order valence-electron chi connectivity index (χ3n) is 4.27. The number of hydrogen-bond donors (Lipinski definition) is 0. The predicted octanol–water partition coefficient (Wildman–Crippen LogP) is 2.55. The van der Waals surface area contributed by atoms with E-state index in [1.165, 1.54) is 0 Å². The normalized spacial score (nSPS) is 18.5. The van der Waals surface area contributed by atoms with E-state index in [1.54, 1.807) is 6.20 Å². The van der Waals surface area contributed by atoms with Gasteiger partial charge in [0.15, 0.2) is 5.52 Å². The standard InChI is InChI=1S/C16H17N3O2/c1-10(2)14-8-21-9-15-17-12-7-18(20)13-6-4-3-5-11(13)16(12)19(14)15/h3-7,10,14H,8-9H2,1-2H3/t14-/m1/s1. The van der Waals surface area contributed by atoms with Crippen LogP contribution < -0.4 is 4.73 Å². The molecule has 0 bridgehead atoms. The van der Waals surface area contributed by atoms with Crippen LogP contribution in [-0.4, -0.2) is 16.2 Å². The Labute approximate surface area is 122 Å². The van der Waals surface area contributed by atoms with Gasteiger partial charge in [0, 0.05) is 6.07 Å². The van der Waals surface area contributed by atoms with Crippen LogP contribution >= 0.6 is 0 Å². The van der Waals surface area contributed by atoms with Crippen molar-refractivity contribution in [2.75, 3.05) is 6.61 Å². The summed E-state index contributed by atoms with van der Waals surface area (Å²) in [6.45, 7) is 5.57. The largest absolute Gasteiger partial charge is 0.618 e. The van der Waals surface area contributed by atoms with Gasteiger partial charge in [-0.15, -0.1) is 0 Å². The lowest BCUT2D eigenvalue weighted by Gasteiger charge is -2.29. The van der Waals surface area contributed by atoms with Crippen LogP contribution in [0.3, 0.4) is 0 Å². The molecule has 0 N–H and O–H groups in total. The van der Waals surface area contributed by atoms with Gasteiger partial charge in [-0.2, -0.15) is 4.73 Å². The average Bonchev–Trinajstić information content (AvgIpc) is 2.85. The molecule has 4 rings (SSSR count). The number of nitrogens with zero attached hydrogens (tertiary/aromatic N) is 3. The summed E-state index contributed by atoms with van der Waals surface area (Å²) in [5.74, 6) is 1.35. The first-order chi connectivity index (χ1) is 10.2. The highest BCUT2D eigenvalue weighted by atomic mass is 16.5. The van der Waals surface area contributed by atoms with Crippen molar-refractivity contribution in [2.45, 2.75) is 26.5 Å². The number of aromatic nitrogens is 3. The van der Waals surface area contributed by atoms with E-state index in [9.17, 15) is 5.21 Å². The van der Waals surface area contributed by atoms with E-state index in [0.29, 0.717) is 24.6 Å². The summed E-state index contributed by atoms with van der Waals surface area (Å²) in [6, 6.07) is 7.95. The highest BCUT2D eigenvalue weighted by Crippen LogP contribution is 2.33. The van der Waals surface area contributed by atoms with E-state index in [4.69, 9.17) is 4.74 Å². The van der Waals surface area contributed by atoms with Gasteiger partial charge in [-0.3, -0.25) is 0 Å². The van der Waals surface area contributed by atoms with Gasteiger partial charge in [-0.05, 0) is 12.0 Å². The molecule has 1 atom stereocenters. The highest BCUT2D eigenvalue weighted by Gasteiger charge is 2.28. The third-order valence-corrected chi connectivity index (χ3v) is 4.27. The number of hydrogen-bond acceptors (Lipinski definition) is 3. The lowest BCUT2D eigenvalue weighted by atomic mass is 10.0. The number of imidazole rings is 1. The first kappa shape index (κ1) is 12.6. The minimum absolute atomic E-state index is 0.254. The van der Waals surface area contributed by atoms with E-state index >= 15 is 0 Å². The van der Waals surface area contributed by atoms with E-state index in [0.717, 1.165) is 27.0 Å². The van der Waals surface area contributed by atoms with Crippen molar-refractivity contribution in [3.8, 4) is 0 Å². The van der Waals surface area contributed by atoms with Gasteiger partial charge in [0.25, 0.3) is 0 Å². The number of fused-ring (bicyclic) bond motifs is 5. The van der Waals surface area contributed by atoms with Crippen molar-refractivity contribution >= 4 is 21.9 Å². The molecule has 21 heavy (non-hydrogen) atoms. The number of rotatable bonds is 1. The molecule has 0 aliphatic carbocycles. The topological polar surface area (TPSA) is 54.0 Å². The van der Waals surface area contributed by atoms with Crippen molar-refractivity contribution in [1.29, 1.82) is 0 Å². The molecule has 0 saturated heterocycles. The van der Waals surface area contributed by atoms with Crippen molar-refractivity contribution in [1.82, 2.24) is 9.55 Å². The molecule has 1 aliphatic heterocycles. The lowest BCUT2D eigenvalue weighted by Crippen LogP contribution is -2.28. The number of ether oxygens (including phenoxy) is 1. The molecular weight excluding hydrogens is 266 g/mol. The van der Waals surface area contributed by atoms with Crippen LogP contribution in [0, 0.1) is 11.1 Å². The quantitative estimate of drug-likeness (QED) is 0.509. The maximum atomic E-state index is 12.2. The SMILES string of the molecule is CC(C)[C@H]1COCc2nc3c[n+]([O-])c4ccccc4c3n21. The summed E-state index contributed by atoms with van der Waals surface area (Å²) >= 11 is 0. The molecule has 0 unspecified atom stereocenters. The minimum Gasteiger partial charge on any atom is -0.618 e. The van der Waals surface area contributed by atoms with Gasteiger partial charge >= 0.3 is 0 Å². The summed E-state index contributed by atoms with van der Waals surface area (Å²) in [5, 5.41) is 13.1. The monoisotopic (exact) mass is 283 g/mol. The number of para-hydroxylation sites is 1. The zero-order chi connectivity index (χ0) is 14.6.